The largest absolute Gasteiger partial charge is 0.281 e. The van der Waals surface area contributed by atoms with Crippen LogP contribution in [-0.4, -0.2) is 4.98 Å². The first kappa shape index (κ1) is 12.5. The van der Waals surface area contributed by atoms with Crippen molar-refractivity contribution in [1.29, 1.82) is 10.5 Å². The summed E-state index contributed by atoms with van der Waals surface area (Å²) in [5.74, 6) is 0. The first-order valence-electron chi connectivity index (χ1n) is 4.27. The van der Waals surface area contributed by atoms with Crippen molar-refractivity contribution < 1.29 is 8.78 Å². The molecule has 0 aliphatic heterocycles. The monoisotopic (exact) mass is 285 g/mol. The number of halogens is 3. The number of alkyl halides is 3. The van der Waals surface area contributed by atoms with E-state index in [0.717, 1.165) is 0 Å². The highest BCUT2D eigenvalue weighted by molar-refractivity contribution is 9.08. The molecule has 0 aromatic carbocycles. The van der Waals surface area contributed by atoms with Crippen LogP contribution in [0, 0.1) is 22.7 Å². The summed E-state index contributed by atoms with van der Waals surface area (Å²) < 4.78 is 25.1. The maximum absolute atomic E-state index is 12.6. The Balaban J connectivity index is 3.42. The van der Waals surface area contributed by atoms with Crippen LogP contribution < -0.4 is 0 Å². The number of hydrogen-bond donors (Lipinski definition) is 0. The van der Waals surface area contributed by atoms with E-state index in [1.807, 2.05) is 6.07 Å². The Kier molecular flexibility index (Phi) is 4.33. The van der Waals surface area contributed by atoms with Gasteiger partial charge in [0.2, 0.25) is 0 Å². The van der Waals surface area contributed by atoms with E-state index < -0.39 is 12.1 Å². The second-order valence-corrected chi connectivity index (χ2v) is 3.46. The number of nitrogens with zero attached hydrogens (tertiary/aromatic N) is 3. The molecule has 0 N–H and O–H groups in total. The summed E-state index contributed by atoms with van der Waals surface area (Å²) >= 11 is 3.12. The molecule has 0 fully saturated rings. The van der Waals surface area contributed by atoms with E-state index in [9.17, 15) is 8.78 Å². The predicted molar refractivity (Wildman–Crippen MR) is 55.9 cm³/mol. The van der Waals surface area contributed by atoms with E-state index in [4.69, 9.17) is 10.5 Å². The third kappa shape index (κ3) is 2.34. The van der Waals surface area contributed by atoms with Crippen molar-refractivity contribution in [3.05, 3.63) is 28.6 Å². The zero-order chi connectivity index (χ0) is 12.1. The molecule has 0 atom stereocenters. The molecule has 0 radical (unpaired) electrons. The minimum Gasteiger partial charge on any atom is -0.254 e. The lowest BCUT2D eigenvalue weighted by atomic mass is 10.0. The van der Waals surface area contributed by atoms with Crippen LogP contribution in [-0.2, 0) is 11.8 Å². The SMILES string of the molecule is N#CCc1cnc(C(F)F)c(C#N)c1CBr. The summed E-state index contributed by atoms with van der Waals surface area (Å²) in [4.78, 5) is 3.53. The van der Waals surface area contributed by atoms with Crippen LogP contribution in [0.5, 0.6) is 0 Å². The Hall–Kier alpha value is -1.53. The second kappa shape index (κ2) is 5.53. The Morgan fingerprint density at radius 3 is 2.56 bits per heavy atom. The average molecular weight is 286 g/mol. The van der Waals surface area contributed by atoms with Gasteiger partial charge >= 0.3 is 0 Å². The normalized spacial score (nSPS) is 9.88. The van der Waals surface area contributed by atoms with Crippen LogP contribution in [0.25, 0.3) is 0 Å². The van der Waals surface area contributed by atoms with Crippen molar-refractivity contribution in [2.24, 2.45) is 0 Å². The van der Waals surface area contributed by atoms with E-state index in [1.54, 1.807) is 6.07 Å². The molecule has 82 valence electrons. The van der Waals surface area contributed by atoms with Crippen LogP contribution in [0.2, 0.25) is 0 Å². The number of hydrogen-bond acceptors (Lipinski definition) is 3. The van der Waals surface area contributed by atoms with Crippen LogP contribution >= 0.6 is 15.9 Å². The van der Waals surface area contributed by atoms with E-state index in [1.165, 1.54) is 6.20 Å². The standard InChI is InChI=1S/C10H6BrF2N3/c11-3-7-6(1-2-14)5-16-9(10(12)13)8(7)4-15/h5,10H,1,3H2. The third-order valence-electron chi connectivity index (χ3n) is 2.03. The molecular formula is C10H6BrF2N3. The molecule has 0 saturated heterocycles. The highest BCUT2D eigenvalue weighted by atomic mass is 79.9. The number of nitriles is 2. The van der Waals surface area contributed by atoms with E-state index in [2.05, 4.69) is 20.9 Å². The Labute approximate surface area is 99.5 Å². The quantitative estimate of drug-likeness (QED) is 0.803. The fraction of sp³-hybridized carbons (Fsp3) is 0.300. The van der Waals surface area contributed by atoms with Crippen molar-refractivity contribution in [3.8, 4) is 12.1 Å². The molecule has 1 aromatic rings. The van der Waals surface area contributed by atoms with Crippen LogP contribution in [0.15, 0.2) is 6.20 Å². The summed E-state index contributed by atoms with van der Waals surface area (Å²) in [5, 5.41) is 17.6. The fourth-order valence-electron chi connectivity index (χ4n) is 1.29. The molecular weight excluding hydrogens is 280 g/mol. The van der Waals surface area contributed by atoms with Crippen molar-refractivity contribution in [3.63, 3.8) is 0 Å². The van der Waals surface area contributed by atoms with Crippen LogP contribution in [0.3, 0.4) is 0 Å². The molecule has 0 aliphatic carbocycles. The maximum atomic E-state index is 12.6. The molecule has 6 heteroatoms. The van der Waals surface area contributed by atoms with Crippen molar-refractivity contribution in [1.82, 2.24) is 4.98 Å². The van der Waals surface area contributed by atoms with Crippen molar-refractivity contribution in [2.45, 2.75) is 18.2 Å². The molecule has 0 spiro atoms. The van der Waals surface area contributed by atoms with Gasteiger partial charge in [-0.1, -0.05) is 15.9 Å². The lowest BCUT2D eigenvalue weighted by Crippen LogP contribution is -2.03. The Bertz CT molecular complexity index is 474. The minimum atomic E-state index is -2.79. The van der Waals surface area contributed by atoms with E-state index >= 15 is 0 Å². The molecule has 0 unspecified atom stereocenters. The van der Waals surface area contributed by atoms with Gasteiger partial charge in [-0.3, -0.25) is 4.98 Å². The first-order valence-corrected chi connectivity index (χ1v) is 5.39. The minimum absolute atomic E-state index is 0.0477. The Morgan fingerprint density at radius 1 is 1.44 bits per heavy atom. The van der Waals surface area contributed by atoms with E-state index in [0.29, 0.717) is 11.1 Å². The molecule has 0 amide bonds. The summed E-state index contributed by atoms with van der Waals surface area (Å²) in [6.07, 6.45) is -1.52. The second-order valence-electron chi connectivity index (χ2n) is 2.90. The zero-order valence-corrected chi connectivity index (χ0v) is 9.63. The van der Waals surface area contributed by atoms with E-state index in [-0.39, 0.29) is 17.3 Å². The molecule has 0 bridgehead atoms. The third-order valence-corrected chi connectivity index (χ3v) is 2.59. The molecule has 16 heavy (non-hydrogen) atoms. The molecule has 3 nitrogen and oxygen atoms in total. The van der Waals surface area contributed by atoms with Gasteiger partial charge in [-0.15, -0.1) is 0 Å². The zero-order valence-electron chi connectivity index (χ0n) is 8.04. The van der Waals surface area contributed by atoms with Gasteiger partial charge in [0.25, 0.3) is 6.43 Å². The number of rotatable bonds is 3. The highest BCUT2D eigenvalue weighted by Gasteiger charge is 2.19. The lowest BCUT2D eigenvalue weighted by molar-refractivity contribution is 0.145. The van der Waals surface area contributed by atoms with Gasteiger partial charge in [0.05, 0.1) is 18.1 Å². The van der Waals surface area contributed by atoms with Gasteiger partial charge in [0.15, 0.2) is 0 Å². The van der Waals surface area contributed by atoms with Gasteiger partial charge in [0, 0.05) is 11.5 Å². The molecule has 1 rings (SSSR count). The summed E-state index contributed by atoms with van der Waals surface area (Å²) in [5.41, 5.74) is 0.243. The predicted octanol–water partition coefficient (Wildman–Crippen LogP) is 2.85. The molecule has 1 aromatic heterocycles. The summed E-state index contributed by atoms with van der Waals surface area (Å²) in [7, 11) is 0. The van der Waals surface area contributed by atoms with Crippen molar-refractivity contribution in [2.75, 3.05) is 0 Å². The maximum Gasteiger partial charge on any atom is 0.281 e. The molecule has 0 saturated carbocycles. The van der Waals surface area contributed by atoms with Gasteiger partial charge < -0.3 is 0 Å². The fourth-order valence-corrected chi connectivity index (χ4v) is 1.93. The number of aromatic nitrogens is 1. The molecule has 1 heterocycles. The highest BCUT2D eigenvalue weighted by Crippen LogP contribution is 2.26. The smallest absolute Gasteiger partial charge is 0.254 e. The van der Waals surface area contributed by atoms with Crippen molar-refractivity contribution >= 4 is 15.9 Å². The average Bonchev–Trinajstić information content (AvgIpc) is 2.28. The Morgan fingerprint density at radius 2 is 2.12 bits per heavy atom. The lowest BCUT2D eigenvalue weighted by Gasteiger charge is -2.09. The van der Waals surface area contributed by atoms with Gasteiger partial charge in [-0.25, -0.2) is 8.78 Å². The summed E-state index contributed by atoms with van der Waals surface area (Å²) in [6, 6.07) is 3.61. The van der Waals surface area contributed by atoms with Crippen LogP contribution in [0.1, 0.15) is 28.8 Å². The van der Waals surface area contributed by atoms with Gasteiger partial charge in [-0.05, 0) is 11.1 Å². The number of pyridine rings is 1. The molecule has 0 aliphatic rings. The van der Waals surface area contributed by atoms with Gasteiger partial charge in [-0.2, -0.15) is 10.5 Å². The topological polar surface area (TPSA) is 60.5 Å². The van der Waals surface area contributed by atoms with Crippen LogP contribution in [0.4, 0.5) is 8.78 Å². The first-order chi connectivity index (χ1) is 7.65. The van der Waals surface area contributed by atoms with Gasteiger partial charge in [0.1, 0.15) is 11.8 Å². The summed E-state index contributed by atoms with van der Waals surface area (Å²) in [6.45, 7) is 0.